The predicted molar refractivity (Wildman–Crippen MR) is 68.6 cm³/mol. The molecule has 3 nitrogen and oxygen atoms in total. The van der Waals surface area contributed by atoms with Crippen LogP contribution in [0.2, 0.25) is 0 Å². The predicted octanol–water partition coefficient (Wildman–Crippen LogP) is 2.49. The normalized spacial score (nSPS) is 29.3. The zero-order valence-electron chi connectivity index (χ0n) is 9.19. The van der Waals surface area contributed by atoms with E-state index in [0.29, 0.717) is 6.04 Å². The zero-order chi connectivity index (χ0) is 11.0. The molecule has 1 aromatic heterocycles. The first kappa shape index (κ1) is 10.5. The van der Waals surface area contributed by atoms with Gasteiger partial charge in [0, 0.05) is 24.8 Å². The summed E-state index contributed by atoms with van der Waals surface area (Å²) in [6.45, 7) is 2.54. The number of hydrogen-bond acceptors (Lipinski definition) is 3. The van der Waals surface area contributed by atoms with Crippen LogP contribution < -0.4 is 5.32 Å². The van der Waals surface area contributed by atoms with Gasteiger partial charge in [-0.1, -0.05) is 0 Å². The minimum absolute atomic E-state index is 0.600. The molecule has 4 heteroatoms. The molecule has 0 bridgehead atoms. The second-order valence-corrected chi connectivity index (χ2v) is 5.38. The summed E-state index contributed by atoms with van der Waals surface area (Å²) in [6.07, 6.45) is 5.77. The summed E-state index contributed by atoms with van der Waals surface area (Å²) in [5.74, 6) is 0. The Balaban J connectivity index is 1.73. The van der Waals surface area contributed by atoms with Crippen LogP contribution in [0.15, 0.2) is 22.9 Å². The van der Waals surface area contributed by atoms with Gasteiger partial charge in [0.2, 0.25) is 0 Å². The van der Waals surface area contributed by atoms with Crippen molar-refractivity contribution in [1.82, 2.24) is 9.88 Å². The summed E-state index contributed by atoms with van der Waals surface area (Å²) in [6, 6.07) is 5.42. The number of halogens is 1. The highest BCUT2D eigenvalue weighted by molar-refractivity contribution is 9.10. The van der Waals surface area contributed by atoms with Crippen LogP contribution in [-0.2, 0) is 0 Å². The van der Waals surface area contributed by atoms with E-state index < -0.39 is 0 Å². The number of aromatic nitrogens is 1. The maximum absolute atomic E-state index is 4.25. The van der Waals surface area contributed by atoms with Crippen LogP contribution in [0.3, 0.4) is 0 Å². The minimum atomic E-state index is 0.600. The number of anilines is 1. The average Bonchev–Trinajstić information content (AvgIpc) is 2.86. The van der Waals surface area contributed by atoms with Crippen molar-refractivity contribution in [1.29, 1.82) is 0 Å². The molecule has 1 N–H and O–H groups in total. The SMILES string of the molecule is Brc1ncccc1NC1CCN2CCCC12. The Morgan fingerprint density at radius 1 is 1.38 bits per heavy atom. The fourth-order valence-corrected chi connectivity index (χ4v) is 3.31. The Bertz CT molecular complexity index is 382. The first-order valence-corrected chi connectivity index (χ1v) is 6.75. The molecule has 2 atom stereocenters. The van der Waals surface area contributed by atoms with E-state index in [2.05, 4.69) is 37.2 Å². The van der Waals surface area contributed by atoms with Gasteiger partial charge in [0.15, 0.2) is 0 Å². The Labute approximate surface area is 104 Å². The summed E-state index contributed by atoms with van der Waals surface area (Å²) in [7, 11) is 0. The van der Waals surface area contributed by atoms with Crippen LogP contribution in [0.4, 0.5) is 5.69 Å². The van der Waals surface area contributed by atoms with Gasteiger partial charge in [0.1, 0.15) is 4.60 Å². The number of nitrogens with one attached hydrogen (secondary N) is 1. The molecular weight excluding hydrogens is 266 g/mol. The molecule has 3 rings (SSSR count). The van der Waals surface area contributed by atoms with Gasteiger partial charge in [-0.2, -0.15) is 0 Å². The highest BCUT2D eigenvalue weighted by Gasteiger charge is 2.37. The second-order valence-electron chi connectivity index (χ2n) is 4.63. The van der Waals surface area contributed by atoms with E-state index in [9.17, 15) is 0 Å². The molecule has 2 fully saturated rings. The third-order valence-electron chi connectivity index (χ3n) is 3.71. The number of hydrogen-bond donors (Lipinski definition) is 1. The fourth-order valence-electron chi connectivity index (χ4n) is 2.94. The van der Waals surface area contributed by atoms with Crippen LogP contribution >= 0.6 is 15.9 Å². The van der Waals surface area contributed by atoms with E-state index in [1.165, 1.54) is 32.4 Å². The zero-order valence-corrected chi connectivity index (χ0v) is 10.8. The van der Waals surface area contributed by atoms with E-state index in [1.54, 1.807) is 0 Å². The number of fused-ring (bicyclic) bond motifs is 1. The molecule has 2 unspecified atom stereocenters. The fraction of sp³-hybridized carbons (Fsp3) is 0.583. The van der Waals surface area contributed by atoms with E-state index in [4.69, 9.17) is 0 Å². The molecule has 0 spiro atoms. The van der Waals surface area contributed by atoms with E-state index in [-0.39, 0.29) is 0 Å². The quantitative estimate of drug-likeness (QED) is 0.845. The molecule has 1 aromatic rings. The van der Waals surface area contributed by atoms with Crippen LogP contribution in [0.25, 0.3) is 0 Å². The van der Waals surface area contributed by atoms with Gasteiger partial charge in [-0.15, -0.1) is 0 Å². The lowest BCUT2D eigenvalue weighted by Gasteiger charge is -2.22. The molecule has 2 aliphatic heterocycles. The number of rotatable bonds is 2. The van der Waals surface area contributed by atoms with Crippen molar-refractivity contribution in [2.45, 2.75) is 31.3 Å². The molecular formula is C12H16BrN3. The lowest BCUT2D eigenvalue weighted by atomic mass is 10.1. The van der Waals surface area contributed by atoms with Gasteiger partial charge < -0.3 is 5.32 Å². The van der Waals surface area contributed by atoms with Crippen molar-refractivity contribution in [3.05, 3.63) is 22.9 Å². The summed E-state index contributed by atoms with van der Waals surface area (Å²) in [5.41, 5.74) is 1.13. The topological polar surface area (TPSA) is 28.2 Å². The molecule has 3 heterocycles. The lowest BCUT2D eigenvalue weighted by Crippen LogP contribution is -2.33. The number of nitrogens with zero attached hydrogens (tertiary/aromatic N) is 2. The van der Waals surface area contributed by atoms with E-state index in [1.807, 2.05) is 12.3 Å². The van der Waals surface area contributed by atoms with Gasteiger partial charge in [0.05, 0.1) is 5.69 Å². The van der Waals surface area contributed by atoms with Crippen molar-refractivity contribution in [2.24, 2.45) is 0 Å². The van der Waals surface area contributed by atoms with Gasteiger partial charge in [-0.3, -0.25) is 4.90 Å². The lowest BCUT2D eigenvalue weighted by molar-refractivity contribution is 0.318. The van der Waals surface area contributed by atoms with Gasteiger partial charge in [0.25, 0.3) is 0 Å². The van der Waals surface area contributed by atoms with Gasteiger partial charge >= 0.3 is 0 Å². The van der Waals surface area contributed by atoms with Crippen LogP contribution in [0.1, 0.15) is 19.3 Å². The molecule has 2 aliphatic rings. The van der Waals surface area contributed by atoms with Crippen LogP contribution in [0, 0.1) is 0 Å². The summed E-state index contributed by atoms with van der Waals surface area (Å²) >= 11 is 3.49. The molecule has 0 amide bonds. The number of pyridine rings is 1. The maximum Gasteiger partial charge on any atom is 0.129 e. The standard InChI is InChI=1S/C12H16BrN3/c13-12-10(3-1-6-14-12)15-9-5-8-16-7-2-4-11(9)16/h1,3,6,9,11,15H,2,4-5,7-8H2. The van der Waals surface area contributed by atoms with Crippen molar-refractivity contribution in [2.75, 3.05) is 18.4 Å². The third-order valence-corrected chi connectivity index (χ3v) is 4.34. The smallest absolute Gasteiger partial charge is 0.129 e. The van der Waals surface area contributed by atoms with Crippen molar-refractivity contribution in [3.8, 4) is 0 Å². The molecule has 0 aromatic carbocycles. The monoisotopic (exact) mass is 281 g/mol. The second kappa shape index (κ2) is 4.34. The molecule has 0 radical (unpaired) electrons. The van der Waals surface area contributed by atoms with E-state index >= 15 is 0 Å². The Hall–Kier alpha value is -0.610. The highest BCUT2D eigenvalue weighted by Crippen LogP contribution is 2.31. The minimum Gasteiger partial charge on any atom is -0.378 e. The van der Waals surface area contributed by atoms with Crippen molar-refractivity contribution in [3.63, 3.8) is 0 Å². The summed E-state index contributed by atoms with van der Waals surface area (Å²) in [5, 5.41) is 3.63. The Morgan fingerprint density at radius 3 is 3.19 bits per heavy atom. The van der Waals surface area contributed by atoms with Gasteiger partial charge in [-0.25, -0.2) is 4.98 Å². The van der Waals surface area contributed by atoms with E-state index in [0.717, 1.165) is 16.3 Å². The maximum atomic E-state index is 4.25. The van der Waals surface area contributed by atoms with Crippen LogP contribution in [-0.4, -0.2) is 35.1 Å². The summed E-state index contributed by atoms with van der Waals surface area (Å²) in [4.78, 5) is 6.86. The Morgan fingerprint density at radius 2 is 2.31 bits per heavy atom. The first-order valence-electron chi connectivity index (χ1n) is 5.96. The first-order chi connectivity index (χ1) is 7.84. The van der Waals surface area contributed by atoms with Crippen molar-refractivity contribution >= 4 is 21.6 Å². The van der Waals surface area contributed by atoms with Gasteiger partial charge in [-0.05, 0) is 53.9 Å². The average molecular weight is 282 g/mol. The molecule has 16 heavy (non-hydrogen) atoms. The highest BCUT2D eigenvalue weighted by atomic mass is 79.9. The molecule has 86 valence electrons. The van der Waals surface area contributed by atoms with Crippen LogP contribution in [0.5, 0.6) is 0 Å². The summed E-state index contributed by atoms with van der Waals surface area (Å²) < 4.78 is 0.923. The molecule has 0 saturated carbocycles. The third kappa shape index (κ3) is 1.84. The molecule has 2 saturated heterocycles. The molecule has 0 aliphatic carbocycles. The largest absolute Gasteiger partial charge is 0.378 e. The Kier molecular flexibility index (Phi) is 2.86. The van der Waals surface area contributed by atoms with Crippen molar-refractivity contribution < 1.29 is 0 Å².